The minimum Gasteiger partial charge on any atom is -0.347 e. The van der Waals surface area contributed by atoms with Crippen molar-refractivity contribution in [3.63, 3.8) is 0 Å². The molecule has 3 heterocycles. The molecule has 166 valence electrons. The first-order valence-corrected chi connectivity index (χ1v) is 11.6. The van der Waals surface area contributed by atoms with Gasteiger partial charge in [-0.25, -0.2) is 9.50 Å². The van der Waals surface area contributed by atoms with Crippen LogP contribution >= 0.6 is 11.3 Å². The molecule has 8 nitrogen and oxygen atoms in total. The van der Waals surface area contributed by atoms with E-state index in [9.17, 15) is 14.4 Å². The zero-order valence-corrected chi connectivity index (χ0v) is 18.5. The van der Waals surface area contributed by atoms with Crippen molar-refractivity contribution in [1.82, 2.24) is 19.9 Å². The normalized spacial score (nSPS) is 13.5. The Balaban J connectivity index is 1.35. The number of carbonyl (C=O) groups excluding carboxylic acids is 3. The molecule has 0 bridgehead atoms. The predicted molar refractivity (Wildman–Crippen MR) is 125 cm³/mol. The van der Waals surface area contributed by atoms with E-state index in [0.717, 1.165) is 30.5 Å². The highest BCUT2D eigenvalue weighted by Crippen LogP contribution is 2.27. The maximum absolute atomic E-state index is 12.8. The Morgan fingerprint density at radius 1 is 1.12 bits per heavy atom. The molecule has 0 aliphatic heterocycles. The van der Waals surface area contributed by atoms with E-state index in [1.54, 1.807) is 28.9 Å². The third-order valence-electron chi connectivity index (χ3n) is 5.73. The van der Waals surface area contributed by atoms with Crippen LogP contribution in [-0.4, -0.2) is 38.7 Å². The molecule has 0 radical (unpaired) electrons. The Morgan fingerprint density at radius 2 is 2.00 bits per heavy atom. The maximum Gasteiger partial charge on any atom is 0.243 e. The summed E-state index contributed by atoms with van der Waals surface area (Å²) in [7, 11) is 0. The van der Waals surface area contributed by atoms with E-state index in [0.29, 0.717) is 21.8 Å². The zero-order valence-electron chi connectivity index (χ0n) is 17.7. The number of amides is 2. The van der Waals surface area contributed by atoms with Crippen LogP contribution in [0.3, 0.4) is 0 Å². The highest BCUT2D eigenvalue weighted by Gasteiger charge is 2.25. The Morgan fingerprint density at radius 3 is 2.76 bits per heavy atom. The Hall–Kier alpha value is -3.85. The molecular weight excluding hydrogens is 438 g/mol. The van der Waals surface area contributed by atoms with Crippen molar-refractivity contribution in [3.05, 3.63) is 70.7 Å². The van der Waals surface area contributed by atoms with E-state index in [4.69, 9.17) is 0 Å². The SMILES string of the molecule is O=C(CNC(=O)C1CCC1)Nc1cccc(-c2ccnc3c(C(=O)c4cccs4)cnn23)c1. The smallest absolute Gasteiger partial charge is 0.243 e. The van der Waals surface area contributed by atoms with Crippen LogP contribution in [0.2, 0.25) is 0 Å². The van der Waals surface area contributed by atoms with E-state index >= 15 is 0 Å². The summed E-state index contributed by atoms with van der Waals surface area (Å²) in [6.45, 7) is -0.0631. The lowest BCUT2D eigenvalue weighted by molar-refractivity contribution is -0.129. The second-order valence-electron chi connectivity index (χ2n) is 7.90. The number of nitrogens with one attached hydrogen (secondary N) is 2. The van der Waals surface area contributed by atoms with Gasteiger partial charge in [-0.1, -0.05) is 24.6 Å². The minimum atomic E-state index is -0.289. The zero-order chi connectivity index (χ0) is 22.8. The number of hydrogen-bond donors (Lipinski definition) is 2. The monoisotopic (exact) mass is 459 g/mol. The molecule has 1 aliphatic rings. The van der Waals surface area contributed by atoms with Gasteiger partial charge < -0.3 is 10.6 Å². The van der Waals surface area contributed by atoms with Crippen molar-refractivity contribution in [2.24, 2.45) is 5.92 Å². The summed E-state index contributed by atoms with van der Waals surface area (Å²) in [5.41, 5.74) is 3.05. The van der Waals surface area contributed by atoms with Crippen LogP contribution in [0.25, 0.3) is 16.9 Å². The summed E-state index contributed by atoms with van der Waals surface area (Å²) in [4.78, 5) is 42.1. The van der Waals surface area contributed by atoms with Gasteiger partial charge in [-0.2, -0.15) is 5.10 Å². The minimum absolute atomic E-state index is 0.0425. The molecule has 4 aromatic rings. The van der Waals surface area contributed by atoms with Crippen molar-refractivity contribution in [3.8, 4) is 11.3 Å². The molecule has 33 heavy (non-hydrogen) atoms. The quantitative estimate of drug-likeness (QED) is 0.411. The number of fused-ring (bicyclic) bond motifs is 1. The van der Waals surface area contributed by atoms with E-state index in [1.807, 2.05) is 29.6 Å². The summed E-state index contributed by atoms with van der Waals surface area (Å²) in [6.07, 6.45) is 6.02. The number of nitrogens with zero attached hydrogens (tertiary/aromatic N) is 3. The standard InChI is InChI=1S/C24H21N5O3S/c30-21(14-26-24(32)15-4-1-5-15)28-17-7-2-6-16(12-17)19-9-10-25-23-18(13-27-29(19)23)22(31)20-8-3-11-33-20/h2-3,6-13,15H,1,4-5,14H2,(H,26,32)(H,28,30). The summed E-state index contributed by atoms with van der Waals surface area (Å²) in [6, 6.07) is 12.7. The molecule has 3 aromatic heterocycles. The highest BCUT2D eigenvalue weighted by atomic mass is 32.1. The predicted octanol–water partition coefficient (Wildman–Crippen LogP) is 3.54. The fourth-order valence-electron chi connectivity index (χ4n) is 3.75. The lowest BCUT2D eigenvalue weighted by Gasteiger charge is -2.23. The number of hydrogen-bond acceptors (Lipinski definition) is 6. The number of ketones is 1. The van der Waals surface area contributed by atoms with Crippen molar-refractivity contribution < 1.29 is 14.4 Å². The number of benzene rings is 1. The first-order valence-electron chi connectivity index (χ1n) is 10.7. The first kappa shape index (κ1) is 21.0. The van der Waals surface area contributed by atoms with Crippen LogP contribution < -0.4 is 10.6 Å². The fourth-order valence-corrected chi connectivity index (χ4v) is 4.43. The van der Waals surface area contributed by atoms with Gasteiger partial charge in [0.2, 0.25) is 17.6 Å². The third kappa shape index (κ3) is 4.27. The molecule has 2 amide bonds. The lowest BCUT2D eigenvalue weighted by Crippen LogP contribution is -2.39. The molecule has 0 spiro atoms. The van der Waals surface area contributed by atoms with Crippen LogP contribution in [0.15, 0.2) is 60.2 Å². The summed E-state index contributed by atoms with van der Waals surface area (Å²) in [5, 5.41) is 11.8. The second-order valence-corrected chi connectivity index (χ2v) is 8.85. The van der Waals surface area contributed by atoms with Gasteiger partial charge in [-0.15, -0.1) is 11.3 Å². The van der Waals surface area contributed by atoms with E-state index in [2.05, 4.69) is 20.7 Å². The number of aromatic nitrogens is 3. The van der Waals surface area contributed by atoms with Gasteiger partial charge in [0.1, 0.15) is 0 Å². The van der Waals surface area contributed by atoms with Gasteiger partial charge in [0, 0.05) is 23.4 Å². The highest BCUT2D eigenvalue weighted by molar-refractivity contribution is 7.12. The van der Waals surface area contributed by atoms with Gasteiger partial charge in [-0.3, -0.25) is 14.4 Å². The number of anilines is 1. The van der Waals surface area contributed by atoms with E-state index in [1.165, 1.54) is 17.5 Å². The second kappa shape index (κ2) is 8.95. The average molecular weight is 460 g/mol. The molecule has 0 saturated heterocycles. The lowest BCUT2D eigenvalue weighted by atomic mass is 9.85. The third-order valence-corrected chi connectivity index (χ3v) is 6.60. The van der Waals surface area contributed by atoms with E-state index < -0.39 is 0 Å². The van der Waals surface area contributed by atoms with Gasteiger partial charge in [-0.05, 0) is 42.5 Å². The van der Waals surface area contributed by atoms with Crippen LogP contribution in [0.1, 0.15) is 34.5 Å². The van der Waals surface area contributed by atoms with Crippen molar-refractivity contribution in [1.29, 1.82) is 0 Å². The molecular formula is C24H21N5O3S. The molecule has 0 atom stereocenters. The first-order chi connectivity index (χ1) is 16.1. The molecule has 0 unspecified atom stereocenters. The average Bonchev–Trinajstić information content (AvgIpc) is 3.46. The topological polar surface area (TPSA) is 105 Å². The number of rotatable bonds is 7. The Labute approximate surface area is 193 Å². The molecule has 5 rings (SSSR count). The molecule has 1 saturated carbocycles. The largest absolute Gasteiger partial charge is 0.347 e. The molecule has 1 aliphatic carbocycles. The molecule has 2 N–H and O–H groups in total. The molecule has 1 aromatic carbocycles. The van der Waals surface area contributed by atoms with Crippen LogP contribution in [0.5, 0.6) is 0 Å². The molecule has 1 fully saturated rings. The molecule has 9 heteroatoms. The Kier molecular flexibility index (Phi) is 5.70. The van der Waals surface area contributed by atoms with Gasteiger partial charge in [0.05, 0.1) is 28.9 Å². The summed E-state index contributed by atoms with van der Waals surface area (Å²) in [5.74, 6) is -0.422. The van der Waals surface area contributed by atoms with Gasteiger partial charge in [0.15, 0.2) is 5.65 Å². The van der Waals surface area contributed by atoms with Crippen LogP contribution in [-0.2, 0) is 9.59 Å². The van der Waals surface area contributed by atoms with Crippen molar-refractivity contribution in [2.75, 3.05) is 11.9 Å². The van der Waals surface area contributed by atoms with Crippen molar-refractivity contribution >= 4 is 40.3 Å². The van der Waals surface area contributed by atoms with Crippen LogP contribution in [0, 0.1) is 5.92 Å². The van der Waals surface area contributed by atoms with Crippen molar-refractivity contribution in [2.45, 2.75) is 19.3 Å². The summed E-state index contributed by atoms with van der Waals surface area (Å²) >= 11 is 1.38. The fraction of sp³-hybridized carbons (Fsp3) is 0.208. The van der Waals surface area contributed by atoms with E-state index in [-0.39, 0.29) is 30.1 Å². The number of carbonyl (C=O) groups is 3. The van der Waals surface area contributed by atoms with Gasteiger partial charge in [0.25, 0.3) is 0 Å². The summed E-state index contributed by atoms with van der Waals surface area (Å²) < 4.78 is 1.63. The number of thiophene rings is 1. The maximum atomic E-state index is 12.8. The Bertz CT molecular complexity index is 1340. The van der Waals surface area contributed by atoms with Crippen LogP contribution in [0.4, 0.5) is 5.69 Å². The van der Waals surface area contributed by atoms with Gasteiger partial charge >= 0.3 is 0 Å².